The molecule has 0 amide bonds. The summed E-state index contributed by atoms with van der Waals surface area (Å²) in [7, 11) is 4.37. The van der Waals surface area contributed by atoms with Crippen LogP contribution in [0.1, 0.15) is 38.5 Å². The van der Waals surface area contributed by atoms with E-state index in [2.05, 4.69) is 23.9 Å². The predicted octanol–water partition coefficient (Wildman–Crippen LogP) is 2.45. The van der Waals surface area contributed by atoms with Crippen LogP contribution < -0.4 is 0 Å². The van der Waals surface area contributed by atoms with Crippen LogP contribution in [-0.2, 0) is 0 Å². The fraction of sp³-hybridized carbons (Fsp3) is 1.00. The first-order valence-corrected chi connectivity index (χ1v) is 7.11. The van der Waals surface area contributed by atoms with Gasteiger partial charge in [-0.3, -0.25) is 0 Å². The number of piperidine rings is 1. The summed E-state index contributed by atoms with van der Waals surface area (Å²) in [6.07, 6.45) is 8.79. The largest absolute Gasteiger partial charge is 0.309 e. The lowest BCUT2D eigenvalue weighted by Crippen LogP contribution is -2.39. The maximum absolute atomic E-state index is 2.72. The summed E-state index contributed by atoms with van der Waals surface area (Å²) in [4.78, 5) is 5.04. The highest BCUT2D eigenvalue weighted by Crippen LogP contribution is 2.29. The first kappa shape index (κ1) is 12.4. The molecule has 0 atom stereocenters. The van der Waals surface area contributed by atoms with Gasteiger partial charge in [0.05, 0.1) is 0 Å². The number of rotatable bonds is 5. The van der Waals surface area contributed by atoms with E-state index in [9.17, 15) is 0 Å². The Morgan fingerprint density at radius 2 is 1.69 bits per heavy atom. The maximum atomic E-state index is 2.72. The molecule has 0 bridgehead atoms. The molecule has 16 heavy (non-hydrogen) atoms. The third-order valence-corrected chi connectivity index (χ3v) is 4.43. The van der Waals surface area contributed by atoms with E-state index in [0.717, 1.165) is 11.8 Å². The van der Waals surface area contributed by atoms with E-state index in [1.165, 1.54) is 64.7 Å². The van der Waals surface area contributed by atoms with E-state index in [0.29, 0.717) is 0 Å². The SMILES string of the molecule is CN(C)CCC1CCN(CC2CCC2)CC1. The summed E-state index contributed by atoms with van der Waals surface area (Å²) in [5.41, 5.74) is 0. The lowest BCUT2D eigenvalue weighted by atomic mass is 9.84. The van der Waals surface area contributed by atoms with Crippen LogP contribution in [0.5, 0.6) is 0 Å². The average molecular weight is 224 g/mol. The molecule has 1 aliphatic heterocycles. The van der Waals surface area contributed by atoms with Crippen molar-refractivity contribution in [3.63, 3.8) is 0 Å². The van der Waals surface area contributed by atoms with Crippen LogP contribution in [0.3, 0.4) is 0 Å². The molecule has 1 heterocycles. The molecule has 0 unspecified atom stereocenters. The van der Waals surface area contributed by atoms with E-state index >= 15 is 0 Å². The van der Waals surface area contributed by atoms with Crippen LogP contribution in [-0.4, -0.2) is 50.1 Å². The first-order chi connectivity index (χ1) is 7.74. The lowest BCUT2D eigenvalue weighted by Gasteiger charge is -2.37. The molecule has 0 radical (unpaired) electrons. The number of likely N-dealkylation sites (tertiary alicyclic amines) is 1. The number of hydrogen-bond acceptors (Lipinski definition) is 2. The van der Waals surface area contributed by atoms with Gasteiger partial charge in [-0.05, 0) is 77.7 Å². The molecule has 1 aliphatic carbocycles. The summed E-state index contributed by atoms with van der Waals surface area (Å²) in [5, 5.41) is 0. The third-order valence-electron chi connectivity index (χ3n) is 4.43. The molecule has 2 nitrogen and oxygen atoms in total. The zero-order valence-electron chi connectivity index (χ0n) is 11.1. The second kappa shape index (κ2) is 6.02. The van der Waals surface area contributed by atoms with Gasteiger partial charge < -0.3 is 9.80 Å². The second-order valence-corrected chi connectivity index (χ2v) is 6.13. The van der Waals surface area contributed by atoms with Crippen molar-refractivity contribution in [1.82, 2.24) is 9.80 Å². The monoisotopic (exact) mass is 224 g/mol. The molecule has 0 N–H and O–H groups in total. The molecule has 0 aromatic heterocycles. The van der Waals surface area contributed by atoms with Crippen molar-refractivity contribution in [2.75, 3.05) is 40.3 Å². The van der Waals surface area contributed by atoms with Gasteiger partial charge in [-0.25, -0.2) is 0 Å². The van der Waals surface area contributed by atoms with Crippen molar-refractivity contribution in [1.29, 1.82) is 0 Å². The van der Waals surface area contributed by atoms with Crippen LogP contribution in [0, 0.1) is 11.8 Å². The van der Waals surface area contributed by atoms with Gasteiger partial charge >= 0.3 is 0 Å². The Morgan fingerprint density at radius 3 is 2.19 bits per heavy atom. The van der Waals surface area contributed by atoms with Gasteiger partial charge in [0.1, 0.15) is 0 Å². The minimum absolute atomic E-state index is 1.00. The van der Waals surface area contributed by atoms with Gasteiger partial charge in [-0.15, -0.1) is 0 Å². The zero-order valence-corrected chi connectivity index (χ0v) is 11.1. The molecular weight excluding hydrogens is 196 g/mol. The predicted molar refractivity (Wildman–Crippen MR) is 69.7 cm³/mol. The molecular formula is C14H28N2. The molecule has 94 valence electrons. The molecule has 1 saturated carbocycles. The molecule has 2 heteroatoms. The highest BCUT2D eigenvalue weighted by atomic mass is 15.1. The fourth-order valence-electron chi connectivity index (χ4n) is 2.94. The highest BCUT2D eigenvalue weighted by molar-refractivity contribution is 4.78. The van der Waals surface area contributed by atoms with E-state index < -0.39 is 0 Å². The third kappa shape index (κ3) is 3.74. The Morgan fingerprint density at radius 1 is 1.00 bits per heavy atom. The van der Waals surface area contributed by atoms with Gasteiger partial charge in [-0.1, -0.05) is 6.42 Å². The van der Waals surface area contributed by atoms with Crippen molar-refractivity contribution < 1.29 is 0 Å². The second-order valence-electron chi connectivity index (χ2n) is 6.13. The molecule has 2 aliphatic rings. The summed E-state index contributed by atoms with van der Waals surface area (Å²) < 4.78 is 0. The topological polar surface area (TPSA) is 6.48 Å². The first-order valence-electron chi connectivity index (χ1n) is 7.11. The Kier molecular flexibility index (Phi) is 4.66. The summed E-state index contributed by atoms with van der Waals surface area (Å²) in [6, 6.07) is 0. The fourth-order valence-corrected chi connectivity index (χ4v) is 2.94. The minimum atomic E-state index is 1.00. The Balaban J connectivity index is 1.58. The van der Waals surface area contributed by atoms with E-state index in [1.807, 2.05) is 0 Å². The number of hydrogen-bond donors (Lipinski definition) is 0. The smallest absolute Gasteiger partial charge is 0.000966 e. The summed E-state index contributed by atoms with van der Waals surface area (Å²) in [5.74, 6) is 2.05. The lowest BCUT2D eigenvalue weighted by molar-refractivity contribution is 0.126. The van der Waals surface area contributed by atoms with Crippen molar-refractivity contribution in [2.45, 2.75) is 38.5 Å². The Hall–Kier alpha value is -0.0800. The highest BCUT2D eigenvalue weighted by Gasteiger charge is 2.24. The van der Waals surface area contributed by atoms with Crippen LogP contribution in [0.15, 0.2) is 0 Å². The van der Waals surface area contributed by atoms with Gasteiger partial charge in [0, 0.05) is 6.54 Å². The molecule has 1 saturated heterocycles. The quantitative estimate of drug-likeness (QED) is 0.708. The summed E-state index contributed by atoms with van der Waals surface area (Å²) in [6.45, 7) is 5.41. The van der Waals surface area contributed by atoms with Crippen molar-refractivity contribution >= 4 is 0 Å². The minimum Gasteiger partial charge on any atom is -0.309 e. The van der Waals surface area contributed by atoms with Crippen LogP contribution in [0.4, 0.5) is 0 Å². The normalized spacial score (nSPS) is 24.9. The van der Waals surface area contributed by atoms with Crippen molar-refractivity contribution in [3.8, 4) is 0 Å². The Labute approximate surface area is 101 Å². The van der Waals surface area contributed by atoms with E-state index in [-0.39, 0.29) is 0 Å². The van der Waals surface area contributed by atoms with Gasteiger partial charge in [-0.2, -0.15) is 0 Å². The van der Waals surface area contributed by atoms with E-state index in [1.54, 1.807) is 0 Å². The number of nitrogens with zero attached hydrogens (tertiary/aromatic N) is 2. The van der Waals surface area contributed by atoms with Crippen molar-refractivity contribution in [2.24, 2.45) is 11.8 Å². The standard InChI is InChI=1S/C14H28N2/c1-15(2)9-6-13-7-10-16(11-8-13)12-14-4-3-5-14/h13-14H,3-12H2,1-2H3. The average Bonchev–Trinajstić information content (AvgIpc) is 2.22. The van der Waals surface area contributed by atoms with Crippen LogP contribution in [0.25, 0.3) is 0 Å². The van der Waals surface area contributed by atoms with Gasteiger partial charge in [0.15, 0.2) is 0 Å². The van der Waals surface area contributed by atoms with Crippen LogP contribution >= 0.6 is 0 Å². The van der Waals surface area contributed by atoms with Gasteiger partial charge in [0.2, 0.25) is 0 Å². The molecule has 2 rings (SSSR count). The van der Waals surface area contributed by atoms with Crippen LogP contribution in [0.2, 0.25) is 0 Å². The molecule has 0 spiro atoms. The Bertz CT molecular complexity index is 191. The molecule has 0 aromatic rings. The summed E-state index contributed by atoms with van der Waals surface area (Å²) >= 11 is 0. The van der Waals surface area contributed by atoms with Crippen molar-refractivity contribution in [3.05, 3.63) is 0 Å². The maximum Gasteiger partial charge on any atom is 0.000966 e. The van der Waals surface area contributed by atoms with Gasteiger partial charge in [0.25, 0.3) is 0 Å². The zero-order chi connectivity index (χ0) is 11.4. The van der Waals surface area contributed by atoms with E-state index in [4.69, 9.17) is 0 Å². The molecule has 0 aromatic carbocycles. The molecule has 2 fully saturated rings.